The van der Waals surface area contributed by atoms with Gasteiger partial charge < -0.3 is 5.32 Å². The molecule has 4 heteroatoms. The fraction of sp³-hybridized carbons (Fsp3) is 0.429. The summed E-state index contributed by atoms with van der Waals surface area (Å²) in [5, 5.41) is 6.63. The largest absolute Gasteiger partial charge is 0.308 e. The smallest absolute Gasteiger partial charge is 0.142 e. The predicted octanol–water partition coefficient (Wildman–Crippen LogP) is 3.48. The molecule has 0 unspecified atom stereocenters. The summed E-state index contributed by atoms with van der Waals surface area (Å²) in [5.41, 5.74) is 2.06. The van der Waals surface area contributed by atoms with Crippen LogP contribution in [-0.2, 0) is 6.54 Å². The van der Waals surface area contributed by atoms with Crippen LogP contribution in [0.25, 0.3) is 10.7 Å². The highest BCUT2D eigenvalue weighted by Crippen LogP contribution is 2.21. The number of hydrogen-bond donors (Lipinski definition) is 1. The lowest BCUT2D eigenvalue weighted by atomic mass is 10.2. The molecule has 0 aliphatic heterocycles. The minimum atomic E-state index is 0.588. The van der Waals surface area contributed by atoms with E-state index in [1.54, 1.807) is 17.5 Å². The van der Waals surface area contributed by atoms with Crippen LogP contribution in [0.2, 0.25) is 0 Å². The van der Waals surface area contributed by atoms with Gasteiger partial charge in [-0.25, -0.2) is 4.98 Å². The van der Waals surface area contributed by atoms with E-state index in [9.17, 15) is 0 Å². The van der Waals surface area contributed by atoms with E-state index >= 15 is 0 Å². The summed E-state index contributed by atoms with van der Waals surface area (Å²) in [6.07, 6.45) is 4.13. The zero-order valence-electron chi connectivity index (χ0n) is 10.9. The number of rotatable bonds is 6. The first-order valence-corrected chi connectivity index (χ1v) is 7.30. The summed E-state index contributed by atoms with van der Waals surface area (Å²) in [5.74, 6) is 0. The van der Waals surface area contributed by atoms with Crippen molar-refractivity contribution in [1.82, 2.24) is 15.3 Å². The van der Waals surface area contributed by atoms with Crippen LogP contribution >= 0.6 is 11.3 Å². The fourth-order valence-corrected chi connectivity index (χ4v) is 2.62. The molecule has 0 amide bonds. The van der Waals surface area contributed by atoms with E-state index in [-0.39, 0.29) is 0 Å². The Hall–Kier alpha value is -1.26. The molecular formula is C14H19N3S. The number of thiazole rings is 1. The molecule has 2 aromatic heterocycles. The van der Waals surface area contributed by atoms with E-state index in [4.69, 9.17) is 0 Å². The Morgan fingerprint density at radius 1 is 1.28 bits per heavy atom. The van der Waals surface area contributed by atoms with Gasteiger partial charge in [-0.15, -0.1) is 11.3 Å². The van der Waals surface area contributed by atoms with E-state index in [0.29, 0.717) is 6.04 Å². The highest BCUT2D eigenvalue weighted by Gasteiger charge is 2.07. The van der Waals surface area contributed by atoms with Gasteiger partial charge in [0.05, 0.1) is 11.4 Å². The van der Waals surface area contributed by atoms with E-state index < -0.39 is 0 Å². The van der Waals surface area contributed by atoms with Gasteiger partial charge in [-0.2, -0.15) is 0 Å². The third kappa shape index (κ3) is 3.37. The summed E-state index contributed by atoms with van der Waals surface area (Å²) in [7, 11) is 0. The van der Waals surface area contributed by atoms with Crippen molar-refractivity contribution in [2.45, 2.75) is 39.3 Å². The molecule has 3 nitrogen and oxygen atoms in total. The zero-order chi connectivity index (χ0) is 12.8. The third-order valence-corrected chi connectivity index (χ3v) is 3.91. The number of nitrogens with zero attached hydrogens (tertiary/aromatic N) is 2. The van der Waals surface area contributed by atoms with Gasteiger partial charge in [-0.3, -0.25) is 4.98 Å². The van der Waals surface area contributed by atoms with Gasteiger partial charge >= 0.3 is 0 Å². The molecule has 0 saturated carbocycles. The molecule has 0 bridgehead atoms. The molecule has 0 fully saturated rings. The van der Waals surface area contributed by atoms with Crippen molar-refractivity contribution in [2.75, 3.05) is 0 Å². The minimum Gasteiger partial charge on any atom is -0.308 e. The van der Waals surface area contributed by atoms with E-state index in [2.05, 4.69) is 34.5 Å². The lowest BCUT2D eigenvalue weighted by Gasteiger charge is -2.12. The molecule has 1 N–H and O–H groups in total. The Morgan fingerprint density at radius 2 is 2.11 bits per heavy atom. The van der Waals surface area contributed by atoms with Gasteiger partial charge in [0.15, 0.2) is 0 Å². The van der Waals surface area contributed by atoms with Crippen molar-refractivity contribution in [3.05, 3.63) is 35.5 Å². The SMILES string of the molecule is CCC(CC)NCc1csc(-c2ccccn2)n1. The number of aromatic nitrogens is 2. The van der Waals surface area contributed by atoms with Crippen LogP contribution in [0, 0.1) is 0 Å². The van der Waals surface area contributed by atoms with Crippen molar-refractivity contribution in [3.8, 4) is 10.7 Å². The second-order valence-corrected chi connectivity index (χ2v) is 5.11. The molecule has 0 aromatic carbocycles. The standard InChI is InChI=1S/C14H19N3S/c1-3-11(4-2)16-9-12-10-18-14(17-12)13-7-5-6-8-15-13/h5-8,10-11,16H,3-4,9H2,1-2H3. The molecule has 2 heterocycles. The normalized spacial score (nSPS) is 11.1. The summed E-state index contributed by atoms with van der Waals surface area (Å²) in [6, 6.07) is 6.50. The zero-order valence-corrected chi connectivity index (χ0v) is 11.7. The molecule has 0 spiro atoms. The maximum Gasteiger partial charge on any atom is 0.142 e. The summed E-state index contributed by atoms with van der Waals surface area (Å²) < 4.78 is 0. The first-order chi connectivity index (χ1) is 8.83. The molecule has 0 saturated heterocycles. The van der Waals surface area contributed by atoms with Crippen LogP contribution in [0.3, 0.4) is 0 Å². The van der Waals surface area contributed by atoms with Gasteiger partial charge in [-0.1, -0.05) is 19.9 Å². The van der Waals surface area contributed by atoms with E-state index in [0.717, 1.165) is 35.8 Å². The summed E-state index contributed by atoms with van der Waals surface area (Å²) in [4.78, 5) is 8.93. The van der Waals surface area contributed by atoms with Crippen molar-refractivity contribution >= 4 is 11.3 Å². The minimum absolute atomic E-state index is 0.588. The van der Waals surface area contributed by atoms with Crippen LogP contribution in [-0.4, -0.2) is 16.0 Å². The molecule has 18 heavy (non-hydrogen) atoms. The van der Waals surface area contributed by atoms with E-state index in [1.165, 1.54) is 0 Å². The maximum atomic E-state index is 4.61. The fourth-order valence-electron chi connectivity index (χ4n) is 1.82. The summed E-state index contributed by atoms with van der Waals surface area (Å²) >= 11 is 1.66. The van der Waals surface area contributed by atoms with Gasteiger partial charge in [0.2, 0.25) is 0 Å². The molecular weight excluding hydrogens is 242 g/mol. The van der Waals surface area contributed by atoms with Crippen molar-refractivity contribution in [1.29, 1.82) is 0 Å². The van der Waals surface area contributed by atoms with Crippen molar-refractivity contribution in [2.24, 2.45) is 0 Å². The topological polar surface area (TPSA) is 37.8 Å². The third-order valence-electron chi connectivity index (χ3n) is 2.99. The molecule has 2 aromatic rings. The average molecular weight is 261 g/mol. The molecule has 0 aliphatic carbocycles. The lowest BCUT2D eigenvalue weighted by Crippen LogP contribution is -2.27. The van der Waals surface area contributed by atoms with Gasteiger partial charge in [0.25, 0.3) is 0 Å². The maximum absolute atomic E-state index is 4.61. The highest BCUT2D eigenvalue weighted by atomic mass is 32.1. The van der Waals surface area contributed by atoms with Crippen LogP contribution in [0.4, 0.5) is 0 Å². The van der Waals surface area contributed by atoms with Crippen LogP contribution < -0.4 is 5.32 Å². The first kappa shape index (κ1) is 13.2. The van der Waals surface area contributed by atoms with Crippen LogP contribution in [0.5, 0.6) is 0 Å². The molecule has 0 aliphatic rings. The molecule has 2 rings (SSSR count). The second-order valence-electron chi connectivity index (χ2n) is 4.25. The second kappa shape index (κ2) is 6.61. The molecule has 0 atom stereocenters. The van der Waals surface area contributed by atoms with E-state index in [1.807, 2.05) is 18.2 Å². The lowest BCUT2D eigenvalue weighted by molar-refractivity contribution is 0.481. The Bertz CT molecular complexity index is 463. The van der Waals surface area contributed by atoms with Gasteiger partial charge in [0.1, 0.15) is 5.01 Å². The predicted molar refractivity (Wildman–Crippen MR) is 76.6 cm³/mol. The average Bonchev–Trinajstić information content (AvgIpc) is 2.90. The highest BCUT2D eigenvalue weighted by molar-refractivity contribution is 7.13. The molecule has 96 valence electrons. The number of pyridine rings is 1. The van der Waals surface area contributed by atoms with Crippen molar-refractivity contribution < 1.29 is 0 Å². The van der Waals surface area contributed by atoms with Crippen LogP contribution in [0.1, 0.15) is 32.4 Å². The van der Waals surface area contributed by atoms with Gasteiger partial charge in [-0.05, 0) is 25.0 Å². The molecule has 0 radical (unpaired) electrons. The van der Waals surface area contributed by atoms with Gasteiger partial charge in [0, 0.05) is 24.2 Å². The summed E-state index contributed by atoms with van der Waals surface area (Å²) in [6.45, 7) is 5.26. The Balaban J connectivity index is 1.98. The van der Waals surface area contributed by atoms with Crippen LogP contribution in [0.15, 0.2) is 29.8 Å². The first-order valence-electron chi connectivity index (χ1n) is 6.42. The number of hydrogen-bond acceptors (Lipinski definition) is 4. The quantitative estimate of drug-likeness (QED) is 0.865. The Labute approximate surface area is 112 Å². The Kier molecular flexibility index (Phi) is 4.84. The van der Waals surface area contributed by atoms with Crippen molar-refractivity contribution in [3.63, 3.8) is 0 Å². The monoisotopic (exact) mass is 261 g/mol. The number of nitrogens with one attached hydrogen (secondary N) is 1. The Morgan fingerprint density at radius 3 is 2.78 bits per heavy atom.